The molecular weight excluding hydrogens is 404 g/mol. The summed E-state index contributed by atoms with van der Waals surface area (Å²) >= 11 is 0. The molecule has 158 valence electrons. The van der Waals surface area contributed by atoms with Gasteiger partial charge in [-0.1, -0.05) is 23.8 Å². The minimum atomic E-state index is -4.35. The number of imidazole rings is 1. The van der Waals surface area contributed by atoms with Crippen molar-refractivity contribution >= 4 is 23.7 Å². The predicted molar refractivity (Wildman–Crippen MR) is 115 cm³/mol. The summed E-state index contributed by atoms with van der Waals surface area (Å²) in [5, 5.41) is 9.85. The number of aromatic amines is 1. The zero-order valence-corrected chi connectivity index (χ0v) is 17.2. The molecule has 0 unspecified atom stereocenters. The largest absolute Gasteiger partial charge is 0.507 e. The average molecular weight is 424 g/mol. The summed E-state index contributed by atoms with van der Waals surface area (Å²) in [6.45, 7) is 5.80. The van der Waals surface area contributed by atoms with E-state index in [1.165, 1.54) is 19.9 Å². The number of benzene rings is 2. The summed E-state index contributed by atoms with van der Waals surface area (Å²) in [6, 6.07) is 15.4. The number of hydrogen-bond donors (Lipinski definition) is 2. The van der Waals surface area contributed by atoms with E-state index in [9.17, 15) is 23.1 Å². The number of nitrogens with zero attached hydrogens (tertiary/aromatic N) is 1. The Morgan fingerprint density at radius 2 is 1.77 bits per heavy atom. The predicted octanol–water partition coefficient (Wildman–Crippen LogP) is 5.80. The van der Waals surface area contributed by atoms with E-state index < -0.39 is 11.6 Å². The Balaban J connectivity index is 0.000000180. The molecule has 4 nitrogen and oxygen atoms in total. The van der Waals surface area contributed by atoms with Gasteiger partial charge in [0.15, 0.2) is 0 Å². The van der Waals surface area contributed by atoms with Crippen LogP contribution in [0.15, 0.2) is 54.6 Å². The topological polar surface area (TPSA) is 66.0 Å². The Labute approximate surface area is 178 Å². The number of carbonyl (C=O) groups is 1. The first-order valence-electron chi connectivity index (χ1n) is 9.50. The molecule has 0 radical (unpaired) electrons. The standard InChI is InChI=1S/C14H12N2O.C9H8BF3O/c1-9-6-7-13(17)10(8-9)14-15-11-4-2-3-5-12(11)16-14;1-5-7(6(2)14)3-4-8(10-5)9(11,12)13/h2-8,17H,1H3,(H,15,16);3-4H,1-2H3. The zero-order valence-electron chi connectivity index (χ0n) is 17.2. The minimum Gasteiger partial charge on any atom is -0.507 e. The summed E-state index contributed by atoms with van der Waals surface area (Å²) in [7, 11) is 0. The molecular formula is C23H20BF3N2O2. The summed E-state index contributed by atoms with van der Waals surface area (Å²) in [4.78, 5) is 18.6. The molecule has 4 rings (SSSR count). The average Bonchev–Trinajstić information content (AvgIpc) is 3.13. The second kappa shape index (κ2) is 8.75. The van der Waals surface area contributed by atoms with Gasteiger partial charge in [0, 0.05) is 0 Å². The number of phenolic OH excluding ortho intramolecular Hbond substituents is 1. The van der Waals surface area contributed by atoms with Crippen molar-refractivity contribution in [3.8, 4) is 17.1 Å². The van der Waals surface area contributed by atoms with Crippen LogP contribution in [0.25, 0.3) is 22.4 Å². The van der Waals surface area contributed by atoms with E-state index in [0.29, 0.717) is 16.8 Å². The smallest absolute Gasteiger partial charge is 0.142 e. The molecule has 4 aromatic rings. The van der Waals surface area contributed by atoms with Crippen molar-refractivity contribution in [1.29, 1.82) is 0 Å². The number of ketones is 1. The zero-order chi connectivity index (χ0) is 22.8. The maximum atomic E-state index is 12.2. The van der Waals surface area contributed by atoms with Crippen LogP contribution >= 0.6 is 0 Å². The summed E-state index contributed by atoms with van der Waals surface area (Å²) < 4.78 is 36.6. The van der Waals surface area contributed by atoms with E-state index in [2.05, 4.69) is 9.97 Å². The number of para-hydroxylation sites is 2. The molecule has 0 amide bonds. The molecule has 2 aromatic heterocycles. The van der Waals surface area contributed by atoms with Gasteiger partial charge in [-0.3, -0.25) is 0 Å². The van der Waals surface area contributed by atoms with E-state index in [-0.39, 0.29) is 11.5 Å². The number of Topliss-reactive ketones (excluding diaryl/α,β-unsaturated/α-hetero) is 1. The molecule has 0 bridgehead atoms. The summed E-state index contributed by atoms with van der Waals surface area (Å²) in [5.41, 5.74) is 3.68. The molecule has 0 fully saturated rings. The molecule has 0 aliphatic heterocycles. The second-order valence-electron chi connectivity index (χ2n) is 7.21. The molecule has 2 aromatic carbocycles. The van der Waals surface area contributed by atoms with Gasteiger partial charge in [0.05, 0.1) is 16.6 Å². The van der Waals surface area contributed by atoms with Crippen LogP contribution in [0.4, 0.5) is 13.2 Å². The van der Waals surface area contributed by atoms with Gasteiger partial charge in [0.25, 0.3) is 0 Å². The van der Waals surface area contributed by atoms with Gasteiger partial charge in [-0.15, -0.1) is 0 Å². The Morgan fingerprint density at radius 3 is 2.39 bits per heavy atom. The number of nitrogens with one attached hydrogen (secondary N) is 1. The van der Waals surface area contributed by atoms with Crippen LogP contribution < -0.4 is 0 Å². The first kappa shape index (κ1) is 22.3. The summed E-state index contributed by atoms with van der Waals surface area (Å²) in [6.07, 6.45) is -4.35. The SMILES string of the molecule is CC(=O)c1ccc(C(F)(F)F)bc1C.Cc1ccc(O)c(-c2nc3ccccc3[nH]2)c1. The molecule has 0 saturated heterocycles. The minimum absolute atomic E-state index is 0.226. The molecule has 0 aliphatic carbocycles. The van der Waals surface area contributed by atoms with Crippen molar-refractivity contribution in [2.75, 3.05) is 0 Å². The fraction of sp³-hybridized carbons (Fsp3) is 0.174. The monoisotopic (exact) mass is 424 g/mol. The fourth-order valence-electron chi connectivity index (χ4n) is 3.15. The Bertz CT molecular complexity index is 1220. The Hall–Kier alpha value is -3.42. The van der Waals surface area contributed by atoms with Gasteiger partial charge in [0.1, 0.15) is 11.6 Å². The molecule has 0 saturated carbocycles. The number of H-pyrrole nitrogens is 1. The van der Waals surface area contributed by atoms with E-state index in [0.717, 1.165) is 35.1 Å². The van der Waals surface area contributed by atoms with E-state index in [1.807, 2.05) is 43.3 Å². The normalized spacial score (nSPS) is 11.0. The molecule has 8 heteroatoms. The van der Waals surface area contributed by atoms with Gasteiger partial charge in [-0.2, -0.15) is 0 Å². The van der Waals surface area contributed by atoms with Crippen LogP contribution in [-0.4, -0.2) is 27.8 Å². The second-order valence-corrected chi connectivity index (χ2v) is 7.21. The van der Waals surface area contributed by atoms with Crippen molar-refractivity contribution in [3.63, 3.8) is 0 Å². The van der Waals surface area contributed by atoms with Crippen LogP contribution in [0.1, 0.15) is 33.8 Å². The maximum Gasteiger partial charge on any atom is 0.142 e. The van der Waals surface area contributed by atoms with E-state index >= 15 is 0 Å². The number of aryl methyl sites for hydroxylation is 2. The van der Waals surface area contributed by atoms with Crippen LogP contribution in [0.5, 0.6) is 5.75 Å². The summed E-state index contributed by atoms with van der Waals surface area (Å²) in [5.74, 6) is 0.721. The first-order valence-corrected chi connectivity index (χ1v) is 9.50. The molecule has 2 heterocycles. The third-order valence-electron chi connectivity index (χ3n) is 4.73. The first-order chi connectivity index (χ1) is 14.6. The Kier molecular flexibility index (Phi) is 6.29. The van der Waals surface area contributed by atoms with Crippen molar-refractivity contribution < 1.29 is 23.1 Å². The molecule has 2 N–H and O–H groups in total. The molecule has 0 spiro atoms. The quantitative estimate of drug-likeness (QED) is 0.400. The fourth-order valence-corrected chi connectivity index (χ4v) is 3.15. The van der Waals surface area contributed by atoms with Gasteiger partial charge in [0.2, 0.25) is 0 Å². The molecule has 31 heavy (non-hydrogen) atoms. The van der Waals surface area contributed by atoms with Gasteiger partial charge in [-0.25, -0.2) is 4.98 Å². The van der Waals surface area contributed by atoms with Gasteiger partial charge < -0.3 is 10.1 Å². The Morgan fingerprint density at radius 1 is 1.06 bits per heavy atom. The van der Waals surface area contributed by atoms with Crippen LogP contribution in [0.3, 0.4) is 0 Å². The van der Waals surface area contributed by atoms with E-state index in [4.69, 9.17) is 0 Å². The number of phenols is 1. The third kappa shape index (κ3) is 5.20. The van der Waals surface area contributed by atoms with E-state index in [1.54, 1.807) is 6.07 Å². The number of halogens is 3. The van der Waals surface area contributed by atoms with Gasteiger partial charge in [-0.05, 0) is 31.2 Å². The van der Waals surface area contributed by atoms with Crippen molar-refractivity contribution in [2.24, 2.45) is 0 Å². The number of carbonyl (C=O) groups excluding carboxylic acids is 1. The van der Waals surface area contributed by atoms with Gasteiger partial charge >= 0.3 is 79.3 Å². The van der Waals surface area contributed by atoms with Crippen molar-refractivity contribution in [3.05, 3.63) is 76.6 Å². The number of hydrogen-bond acceptors (Lipinski definition) is 3. The number of aromatic nitrogens is 2. The number of alkyl halides is 3. The number of rotatable bonds is 2. The third-order valence-corrected chi connectivity index (χ3v) is 4.73. The maximum absolute atomic E-state index is 12.2. The van der Waals surface area contributed by atoms with Crippen molar-refractivity contribution in [2.45, 2.75) is 26.9 Å². The van der Waals surface area contributed by atoms with Crippen molar-refractivity contribution in [1.82, 2.24) is 9.97 Å². The number of aromatic hydroxyl groups is 1. The molecule has 0 atom stereocenters. The molecule has 0 aliphatic rings. The number of fused-ring (bicyclic) bond motifs is 1. The van der Waals surface area contributed by atoms with Crippen LogP contribution in [0, 0.1) is 13.8 Å². The van der Waals surface area contributed by atoms with Crippen LogP contribution in [-0.2, 0) is 6.18 Å². The van der Waals surface area contributed by atoms with Crippen LogP contribution in [0.2, 0.25) is 0 Å².